The third-order valence-electron chi connectivity index (χ3n) is 3.24. The standard InChI is InChI=1S/C16H13ClF2O2/c1-8-5-15(21-3)9(2)4-10(8)16(20)11-6-14(19)12(17)7-13(11)18/h4-7H,1-3H3. The van der Waals surface area contributed by atoms with Gasteiger partial charge in [-0.25, -0.2) is 8.78 Å². The van der Waals surface area contributed by atoms with Gasteiger partial charge in [0.05, 0.1) is 17.7 Å². The Kier molecular flexibility index (Phi) is 4.28. The maximum Gasteiger partial charge on any atom is 0.196 e. The van der Waals surface area contributed by atoms with Crippen LogP contribution in [-0.4, -0.2) is 12.9 Å². The van der Waals surface area contributed by atoms with Gasteiger partial charge >= 0.3 is 0 Å². The molecule has 21 heavy (non-hydrogen) atoms. The molecule has 0 amide bonds. The van der Waals surface area contributed by atoms with Crippen LogP contribution in [0.1, 0.15) is 27.0 Å². The SMILES string of the molecule is COc1cc(C)c(C(=O)c2cc(F)c(Cl)cc2F)cc1C. The topological polar surface area (TPSA) is 26.3 Å². The fourth-order valence-corrected chi connectivity index (χ4v) is 2.25. The molecule has 2 rings (SSSR count). The average molecular weight is 311 g/mol. The van der Waals surface area contributed by atoms with Gasteiger partial charge in [0.25, 0.3) is 0 Å². The van der Waals surface area contributed by atoms with E-state index in [9.17, 15) is 13.6 Å². The molecule has 0 saturated heterocycles. The molecule has 0 bridgehead atoms. The Labute approximate surface area is 126 Å². The highest BCUT2D eigenvalue weighted by Gasteiger charge is 2.19. The van der Waals surface area contributed by atoms with E-state index in [2.05, 4.69) is 0 Å². The number of methoxy groups -OCH3 is 1. The number of rotatable bonds is 3. The Morgan fingerprint density at radius 1 is 1.00 bits per heavy atom. The summed E-state index contributed by atoms with van der Waals surface area (Å²) in [6.07, 6.45) is 0. The van der Waals surface area contributed by atoms with Gasteiger partial charge in [0.1, 0.15) is 17.4 Å². The van der Waals surface area contributed by atoms with Gasteiger partial charge in [-0.1, -0.05) is 11.6 Å². The van der Waals surface area contributed by atoms with Crippen LogP contribution < -0.4 is 4.74 Å². The number of aryl methyl sites for hydroxylation is 2. The van der Waals surface area contributed by atoms with E-state index in [1.54, 1.807) is 26.0 Å². The third-order valence-corrected chi connectivity index (χ3v) is 3.53. The van der Waals surface area contributed by atoms with E-state index in [1.165, 1.54) is 7.11 Å². The number of ketones is 1. The lowest BCUT2D eigenvalue weighted by Gasteiger charge is -2.11. The van der Waals surface area contributed by atoms with Crippen molar-refractivity contribution in [3.8, 4) is 5.75 Å². The molecule has 0 radical (unpaired) electrons. The average Bonchev–Trinajstić information content (AvgIpc) is 2.44. The minimum Gasteiger partial charge on any atom is -0.496 e. The summed E-state index contributed by atoms with van der Waals surface area (Å²) in [5.41, 5.74) is 1.32. The van der Waals surface area contributed by atoms with E-state index < -0.39 is 17.4 Å². The number of benzene rings is 2. The molecular weight excluding hydrogens is 298 g/mol. The molecule has 110 valence electrons. The second-order valence-electron chi connectivity index (χ2n) is 4.71. The Morgan fingerprint density at radius 2 is 1.67 bits per heavy atom. The maximum atomic E-state index is 13.8. The van der Waals surface area contributed by atoms with Gasteiger partial charge in [0.15, 0.2) is 5.78 Å². The fraction of sp³-hybridized carbons (Fsp3) is 0.188. The lowest BCUT2D eigenvalue weighted by Crippen LogP contribution is -2.08. The molecule has 0 fully saturated rings. The van der Waals surface area contributed by atoms with Crippen molar-refractivity contribution in [1.29, 1.82) is 0 Å². The van der Waals surface area contributed by atoms with Crippen molar-refractivity contribution in [2.24, 2.45) is 0 Å². The van der Waals surface area contributed by atoms with Crippen molar-refractivity contribution in [3.05, 3.63) is 63.2 Å². The highest BCUT2D eigenvalue weighted by Crippen LogP contribution is 2.26. The summed E-state index contributed by atoms with van der Waals surface area (Å²) in [6, 6.07) is 4.91. The van der Waals surface area contributed by atoms with Crippen molar-refractivity contribution in [2.75, 3.05) is 7.11 Å². The molecule has 0 aliphatic heterocycles. The molecular formula is C16H13ClF2O2. The maximum absolute atomic E-state index is 13.8. The van der Waals surface area contributed by atoms with Gasteiger partial charge in [0, 0.05) is 5.56 Å². The minimum atomic E-state index is -0.848. The monoisotopic (exact) mass is 310 g/mol. The Morgan fingerprint density at radius 3 is 2.29 bits per heavy atom. The molecule has 0 N–H and O–H groups in total. The van der Waals surface area contributed by atoms with Gasteiger partial charge < -0.3 is 4.74 Å². The highest BCUT2D eigenvalue weighted by molar-refractivity contribution is 6.31. The van der Waals surface area contributed by atoms with Crippen molar-refractivity contribution in [2.45, 2.75) is 13.8 Å². The van der Waals surface area contributed by atoms with Crippen molar-refractivity contribution < 1.29 is 18.3 Å². The number of hydrogen-bond donors (Lipinski definition) is 0. The zero-order valence-electron chi connectivity index (χ0n) is 11.8. The largest absolute Gasteiger partial charge is 0.496 e. The summed E-state index contributed by atoms with van der Waals surface area (Å²) in [4.78, 5) is 12.4. The molecule has 0 aliphatic rings. The highest BCUT2D eigenvalue weighted by atomic mass is 35.5. The number of ether oxygens (including phenoxy) is 1. The molecule has 0 aliphatic carbocycles. The van der Waals surface area contributed by atoms with Crippen LogP contribution in [0, 0.1) is 25.5 Å². The molecule has 0 atom stereocenters. The summed E-state index contributed by atoms with van der Waals surface area (Å²) in [5.74, 6) is -1.64. The molecule has 0 spiro atoms. The fourth-order valence-electron chi connectivity index (χ4n) is 2.10. The van der Waals surface area contributed by atoms with Crippen LogP contribution in [0.3, 0.4) is 0 Å². The second-order valence-corrected chi connectivity index (χ2v) is 5.12. The lowest BCUT2D eigenvalue weighted by molar-refractivity contribution is 0.103. The first-order valence-electron chi connectivity index (χ1n) is 6.19. The van der Waals surface area contributed by atoms with Crippen molar-refractivity contribution >= 4 is 17.4 Å². The normalized spacial score (nSPS) is 10.6. The number of hydrogen-bond acceptors (Lipinski definition) is 2. The van der Waals surface area contributed by atoms with Crippen molar-refractivity contribution in [3.63, 3.8) is 0 Å². The van der Waals surface area contributed by atoms with Crippen LogP contribution in [-0.2, 0) is 0 Å². The first kappa shape index (κ1) is 15.4. The van der Waals surface area contributed by atoms with Crippen LogP contribution in [0.25, 0.3) is 0 Å². The first-order valence-corrected chi connectivity index (χ1v) is 6.57. The molecule has 2 nitrogen and oxygen atoms in total. The van der Waals surface area contributed by atoms with Crippen LogP contribution in [0.4, 0.5) is 8.78 Å². The van der Waals surface area contributed by atoms with Gasteiger partial charge in [-0.05, 0) is 49.2 Å². The molecule has 2 aromatic carbocycles. The van der Waals surface area contributed by atoms with Gasteiger partial charge in [0.2, 0.25) is 0 Å². The van der Waals surface area contributed by atoms with Crippen molar-refractivity contribution in [1.82, 2.24) is 0 Å². The van der Waals surface area contributed by atoms with Crippen LogP contribution in [0.15, 0.2) is 24.3 Å². The molecule has 0 aromatic heterocycles. The molecule has 0 heterocycles. The predicted molar refractivity (Wildman–Crippen MR) is 77.3 cm³/mol. The quantitative estimate of drug-likeness (QED) is 0.617. The molecule has 2 aromatic rings. The summed E-state index contributed by atoms with van der Waals surface area (Å²) < 4.78 is 32.5. The molecule has 0 unspecified atom stereocenters. The van der Waals surface area contributed by atoms with Gasteiger partial charge in [-0.2, -0.15) is 0 Å². The van der Waals surface area contributed by atoms with E-state index in [4.69, 9.17) is 16.3 Å². The number of halogens is 3. The lowest BCUT2D eigenvalue weighted by atomic mass is 9.96. The molecule has 0 saturated carbocycles. The Bertz CT molecular complexity index is 727. The summed E-state index contributed by atoms with van der Waals surface area (Å²) in [7, 11) is 1.53. The third kappa shape index (κ3) is 2.90. The summed E-state index contributed by atoms with van der Waals surface area (Å²) >= 11 is 5.49. The van der Waals surface area contributed by atoms with Crippen LogP contribution in [0.5, 0.6) is 5.75 Å². The van der Waals surface area contributed by atoms with Crippen LogP contribution in [0.2, 0.25) is 5.02 Å². The first-order chi connectivity index (χ1) is 9.85. The Balaban J connectivity index is 2.55. The van der Waals surface area contributed by atoms with E-state index in [0.717, 1.165) is 17.7 Å². The number of carbonyl (C=O) groups excluding carboxylic acids is 1. The van der Waals surface area contributed by atoms with Gasteiger partial charge in [-0.3, -0.25) is 4.79 Å². The zero-order chi connectivity index (χ0) is 15.7. The smallest absolute Gasteiger partial charge is 0.196 e. The number of carbonyl (C=O) groups is 1. The Hall–Kier alpha value is -1.94. The van der Waals surface area contributed by atoms with E-state index in [1.807, 2.05) is 0 Å². The van der Waals surface area contributed by atoms with Crippen LogP contribution >= 0.6 is 11.6 Å². The molecule has 5 heteroatoms. The van der Waals surface area contributed by atoms with Gasteiger partial charge in [-0.15, -0.1) is 0 Å². The summed E-state index contributed by atoms with van der Waals surface area (Å²) in [6.45, 7) is 3.48. The summed E-state index contributed by atoms with van der Waals surface area (Å²) in [5, 5.41) is -0.355. The van der Waals surface area contributed by atoms with E-state index in [0.29, 0.717) is 16.9 Å². The van der Waals surface area contributed by atoms with E-state index in [-0.39, 0.29) is 10.6 Å². The minimum absolute atomic E-state index is 0.300. The van der Waals surface area contributed by atoms with E-state index >= 15 is 0 Å². The zero-order valence-corrected chi connectivity index (χ0v) is 12.5. The predicted octanol–water partition coefficient (Wildman–Crippen LogP) is 4.47. The second kappa shape index (κ2) is 5.82.